The molecule has 2 aromatic carbocycles. The van der Waals surface area contributed by atoms with Crippen LogP contribution >= 0.6 is 0 Å². The Labute approximate surface area is 240 Å². The second-order valence-electron chi connectivity index (χ2n) is 10.3. The van der Waals surface area contributed by atoms with Gasteiger partial charge in [0.05, 0.1) is 17.1 Å². The highest BCUT2D eigenvalue weighted by Crippen LogP contribution is 2.39. The van der Waals surface area contributed by atoms with Crippen LogP contribution in [0.4, 0.5) is 5.69 Å². The van der Waals surface area contributed by atoms with Crippen molar-refractivity contribution in [3.8, 4) is 6.19 Å². The molecule has 0 atom stereocenters. The lowest BCUT2D eigenvalue weighted by Gasteiger charge is -2.32. The summed E-state index contributed by atoms with van der Waals surface area (Å²) >= 11 is 0. The molecule has 2 aromatic rings. The van der Waals surface area contributed by atoms with Crippen LogP contribution in [0.15, 0.2) is 82.1 Å². The van der Waals surface area contributed by atoms with E-state index in [2.05, 4.69) is 56.2 Å². The quantitative estimate of drug-likeness (QED) is 0.101. The van der Waals surface area contributed by atoms with E-state index in [4.69, 9.17) is 0 Å². The highest BCUT2D eigenvalue weighted by Gasteiger charge is 2.36. The van der Waals surface area contributed by atoms with Crippen molar-refractivity contribution < 1.29 is 19.8 Å². The van der Waals surface area contributed by atoms with Gasteiger partial charge in [0.25, 0.3) is 0 Å². The molecule has 10 heteroatoms. The number of hydrogen-bond acceptors (Lipinski definition) is 6. The number of benzene rings is 2. The van der Waals surface area contributed by atoms with Crippen LogP contribution in [-0.4, -0.2) is 59.2 Å². The Bertz CT molecular complexity index is 1370. The first-order chi connectivity index (χ1) is 19.8. The van der Waals surface area contributed by atoms with E-state index in [0.29, 0.717) is 35.1 Å². The number of allylic oxidation sites excluding steroid dienone is 2. The number of hydrogen-bond donors (Lipinski definition) is 5. The molecule has 10 nitrogen and oxygen atoms in total. The minimum Gasteiger partial charge on any atom is -0.478 e. The number of carboxylic acid groups (broad SMARTS) is 2. The molecule has 2 aliphatic rings. The predicted molar refractivity (Wildman–Crippen MR) is 157 cm³/mol. The zero-order valence-corrected chi connectivity index (χ0v) is 23.4. The third-order valence-electron chi connectivity index (χ3n) is 7.64. The van der Waals surface area contributed by atoms with Crippen molar-refractivity contribution >= 4 is 23.6 Å². The van der Waals surface area contributed by atoms with Crippen LogP contribution in [0.1, 0.15) is 56.1 Å². The van der Waals surface area contributed by atoms with Gasteiger partial charge in [-0.1, -0.05) is 42.5 Å². The van der Waals surface area contributed by atoms with Crippen molar-refractivity contribution in [3.63, 3.8) is 0 Å². The maximum atomic E-state index is 12.1. The monoisotopic (exact) mass is 556 g/mol. The zero-order chi connectivity index (χ0) is 29.4. The molecular formula is C31H36N6O4. The Morgan fingerprint density at radius 1 is 1.00 bits per heavy atom. The van der Waals surface area contributed by atoms with Gasteiger partial charge >= 0.3 is 11.9 Å². The Morgan fingerprint density at radius 2 is 1.63 bits per heavy atom. The van der Waals surface area contributed by atoms with Gasteiger partial charge in [0.1, 0.15) is 0 Å². The largest absolute Gasteiger partial charge is 0.478 e. The van der Waals surface area contributed by atoms with E-state index in [1.807, 2.05) is 6.19 Å². The van der Waals surface area contributed by atoms with E-state index < -0.39 is 17.9 Å². The minimum absolute atomic E-state index is 0.0259. The number of aliphatic imine (C=N–C) groups is 1. The molecule has 2 heterocycles. The molecule has 0 bridgehead atoms. The average Bonchev–Trinajstić information content (AvgIpc) is 2.95. The van der Waals surface area contributed by atoms with E-state index in [1.54, 1.807) is 38.1 Å². The molecule has 0 radical (unpaired) electrons. The second kappa shape index (κ2) is 13.6. The third kappa shape index (κ3) is 7.32. The molecule has 1 fully saturated rings. The van der Waals surface area contributed by atoms with Crippen molar-refractivity contribution in [3.05, 3.63) is 88.3 Å². The first-order valence-electron chi connectivity index (χ1n) is 13.8. The lowest BCUT2D eigenvalue weighted by Crippen LogP contribution is -2.34. The van der Waals surface area contributed by atoms with Gasteiger partial charge in [-0.2, -0.15) is 5.26 Å². The van der Waals surface area contributed by atoms with Gasteiger partial charge in [-0.25, -0.2) is 9.59 Å². The van der Waals surface area contributed by atoms with Gasteiger partial charge in [-0.3, -0.25) is 10.3 Å². The van der Waals surface area contributed by atoms with Gasteiger partial charge in [0.2, 0.25) is 5.96 Å². The second-order valence-corrected chi connectivity index (χ2v) is 10.3. The van der Waals surface area contributed by atoms with E-state index >= 15 is 0 Å². The summed E-state index contributed by atoms with van der Waals surface area (Å²) in [6, 6.07) is 17.5. The van der Waals surface area contributed by atoms with E-state index in [1.165, 1.54) is 5.56 Å². The molecule has 0 aromatic heterocycles. The standard InChI is InChI=1S/C31H36N6O4/c1-20-26(29(38)39)28(27(30(40)41)21(2)35-20)24-10-6-11-25(18-24)36-31(34-19-32)33-14-7-15-37-16-12-23(13-17-37)22-8-4-3-5-9-22/h3-6,8-11,18,23,28,35H,7,12-17H2,1-2H3,(H,38,39)(H,40,41)(H2,33,34,36). The molecule has 2 aliphatic heterocycles. The molecule has 0 aliphatic carbocycles. The number of dihydropyridines is 1. The predicted octanol–water partition coefficient (Wildman–Crippen LogP) is 4.20. The fourth-order valence-corrected chi connectivity index (χ4v) is 5.69. The first kappa shape index (κ1) is 29.4. The molecule has 4 rings (SSSR count). The van der Waals surface area contributed by atoms with E-state index in [9.17, 15) is 25.1 Å². The summed E-state index contributed by atoms with van der Waals surface area (Å²) in [6.07, 6.45) is 5.01. The van der Waals surface area contributed by atoms with Crippen LogP contribution < -0.4 is 16.0 Å². The van der Waals surface area contributed by atoms with Gasteiger partial charge in [-0.15, -0.1) is 0 Å². The minimum atomic E-state index is -1.19. The maximum Gasteiger partial charge on any atom is 0.334 e. The molecule has 41 heavy (non-hydrogen) atoms. The number of piperidine rings is 1. The lowest BCUT2D eigenvalue weighted by molar-refractivity contribution is -0.133. The Balaban J connectivity index is 1.40. The topological polar surface area (TPSA) is 150 Å². The number of nitrogens with one attached hydrogen (secondary N) is 3. The zero-order valence-electron chi connectivity index (χ0n) is 23.4. The Morgan fingerprint density at radius 3 is 2.24 bits per heavy atom. The Hall–Kier alpha value is -4.62. The summed E-state index contributed by atoms with van der Waals surface area (Å²) in [7, 11) is 0. The summed E-state index contributed by atoms with van der Waals surface area (Å²) in [6.45, 7) is 6.77. The number of carboxylic acids is 2. The third-order valence-corrected chi connectivity index (χ3v) is 7.64. The number of likely N-dealkylation sites (tertiary alicyclic amines) is 1. The summed E-state index contributed by atoms with van der Waals surface area (Å²) in [5.74, 6) is -2.47. The molecule has 0 unspecified atom stereocenters. The molecular weight excluding hydrogens is 520 g/mol. The van der Waals surface area contributed by atoms with Crippen molar-refractivity contribution in [1.29, 1.82) is 5.26 Å². The van der Waals surface area contributed by atoms with Crippen LogP contribution in [-0.2, 0) is 9.59 Å². The van der Waals surface area contributed by atoms with Crippen LogP contribution in [0.2, 0.25) is 0 Å². The smallest absolute Gasteiger partial charge is 0.334 e. The number of nitriles is 1. The van der Waals surface area contributed by atoms with E-state index in [0.717, 1.165) is 38.9 Å². The van der Waals surface area contributed by atoms with Crippen LogP contribution in [0.25, 0.3) is 0 Å². The van der Waals surface area contributed by atoms with Gasteiger partial charge in [-0.05, 0) is 81.9 Å². The van der Waals surface area contributed by atoms with Crippen molar-refractivity contribution in [2.24, 2.45) is 4.99 Å². The van der Waals surface area contributed by atoms with Crippen molar-refractivity contribution in [2.75, 3.05) is 31.5 Å². The number of anilines is 1. The number of carbonyl (C=O) groups is 2. The number of guanidine groups is 1. The van der Waals surface area contributed by atoms with Crippen LogP contribution in [0.3, 0.4) is 0 Å². The maximum absolute atomic E-state index is 12.1. The molecule has 0 saturated carbocycles. The SMILES string of the molecule is CC1=C(C(=O)O)C(c2cccc(NC(=NCCCN3CCC(c4ccccc4)CC3)NC#N)c2)C(C(=O)O)=C(C)N1. The van der Waals surface area contributed by atoms with Crippen molar-refractivity contribution in [1.82, 2.24) is 15.5 Å². The Kier molecular flexibility index (Phi) is 9.77. The molecule has 0 spiro atoms. The summed E-state index contributed by atoms with van der Waals surface area (Å²) in [4.78, 5) is 31.2. The summed E-state index contributed by atoms with van der Waals surface area (Å²) in [5, 5.41) is 37.6. The number of rotatable bonds is 9. The van der Waals surface area contributed by atoms with E-state index in [-0.39, 0.29) is 17.1 Å². The van der Waals surface area contributed by atoms with Crippen molar-refractivity contribution in [2.45, 2.75) is 44.9 Å². The average molecular weight is 557 g/mol. The van der Waals surface area contributed by atoms with Crippen LogP contribution in [0, 0.1) is 11.5 Å². The van der Waals surface area contributed by atoms with Gasteiger partial charge in [0, 0.05) is 23.6 Å². The summed E-state index contributed by atoms with van der Waals surface area (Å²) < 4.78 is 0. The van der Waals surface area contributed by atoms with Crippen LogP contribution in [0.5, 0.6) is 0 Å². The fraction of sp³-hybridized carbons (Fsp3) is 0.355. The molecule has 5 N–H and O–H groups in total. The normalized spacial score (nSPS) is 17.1. The molecule has 1 saturated heterocycles. The molecule has 214 valence electrons. The molecule has 0 amide bonds. The first-order valence-corrected chi connectivity index (χ1v) is 13.8. The number of aliphatic carboxylic acids is 2. The highest BCUT2D eigenvalue weighted by molar-refractivity contribution is 5.99. The summed E-state index contributed by atoms with van der Waals surface area (Å²) in [5.41, 5.74) is 3.19. The fourth-order valence-electron chi connectivity index (χ4n) is 5.69. The number of nitrogens with zero attached hydrogens (tertiary/aromatic N) is 3. The highest BCUT2D eigenvalue weighted by atomic mass is 16.4. The lowest BCUT2D eigenvalue weighted by atomic mass is 9.80. The van der Waals surface area contributed by atoms with Gasteiger partial charge in [0.15, 0.2) is 6.19 Å². The van der Waals surface area contributed by atoms with Gasteiger partial charge < -0.3 is 25.7 Å².